The van der Waals surface area contributed by atoms with E-state index in [0.717, 1.165) is 8.95 Å². The van der Waals surface area contributed by atoms with Crippen molar-refractivity contribution in [2.45, 2.75) is 6.18 Å². The Bertz CT molecular complexity index is 586. The van der Waals surface area contributed by atoms with Gasteiger partial charge in [0.15, 0.2) is 6.61 Å². The van der Waals surface area contributed by atoms with E-state index in [1.165, 1.54) is 12.1 Å². The highest BCUT2D eigenvalue weighted by Gasteiger charge is 2.28. The smallest absolute Gasteiger partial charge is 0.422 e. The highest BCUT2D eigenvalue weighted by Crippen LogP contribution is 2.32. The summed E-state index contributed by atoms with van der Waals surface area (Å²) in [6, 6.07) is 4.59. The summed E-state index contributed by atoms with van der Waals surface area (Å²) in [5.74, 6) is 0.153. The zero-order valence-corrected chi connectivity index (χ0v) is 11.9. The minimum atomic E-state index is -4.35. The molecule has 1 aromatic carbocycles. The van der Waals surface area contributed by atoms with Gasteiger partial charge in [-0.05, 0) is 50.1 Å². The van der Waals surface area contributed by atoms with E-state index in [9.17, 15) is 13.2 Å². The number of nitrogens with zero attached hydrogens (tertiary/aromatic N) is 1. The molecule has 2 rings (SSSR count). The Kier molecular flexibility index (Phi) is 3.82. The molecule has 0 spiro atoms. The predicted molar refractivity (Wildman–Crippen MR) is 68.7 cm³/mol. The van der Waals surface area contributed by atoms with Crippen LogP contribution < -0.4 is 4.74 Å². The lowest BCUT2D eigenvalue weighted by Crippen LogP contribution is -2.19. The predicted octanol–water partition coefficient (Wildman–Crippen LogP) is 4.70. The lowest BCUT2D eigenvalue weighted by atomic mass is 10.2. The summed E-state index contributed by atoms with van der Waals surface area (Å²) in [4.78, 5) is 4.14. The van der Waals surface area contributed by atoms with Crippen LogP contribution in [0, 0.1) is 0 Å². The van der Waals surface area contributed by atoms with Gasteiger partial charge < -0.3 is 4.74 Å². The van der Waals surface area contributed by atoms with Crippen LogP contribution in [-0.4, -0.2) is 17.8 Å². The van der Waals surface area contributed by atoms with Gasteiger partial charge in [0, 0.05) is 16.1 Å². The number of hydrogen-bond donors (Lipinski definition) is 0. The van der Waals surface area contributed by atoms with Crippen molar-refractivity contribution < 1.29 is 17.9 Å². The fraction of sp³-hybridized carbons (Fsp3) is 0.182. The quantitative estimate of drug-likeness (QED) is 0.748. The number of benzene rings is 1. The molecule has 0 radical (unpaired) electrons. The lowest BCUT2D eigenvalue weighted by molar-refractivity contribution is -0.153. The molecule has 18 heavy (non-hydrogen) atoms. The molecule has 0 atom stereocenters. The maximum absolute atomic E-state index is 12.0. The van der Waals surface area contributed by atoms with Gasteiger partial charge in [-0.2, -0.15) is 13.2 Å². The Balaban J connectivity index is 2.35. The molecule has 2 aromatic rings. The first-order chi connectivity index (χ1) is 8.37. The first-order valence-corrected chi connectivity index (χ1v) is 6.39. The van der Waals surface area contributed by atoms with Crippen molar-refractivity contribution >= 4 is 42.8 Å². The topological polar surface area (TPSA) is 22.1 Å². The Morgan fingerprint density at radius 2 is 1.94 bits per heavy atom. The van der Waals surface area contributed by atoms with Crippen LogP contribution in [0.1, 0.15) is 0 Å². The standard InChI is InChI=1S/C11H6Br2F3NO/c12-8-4-17-9-2-1-6(3-7(9)10(8)13)18-5-11(14,15)16/h1-4H,5H2. The van der Waals surface area contributed by atoms with Gasteiger partial charge in [0.05, 0.1) is 9.99 Å². The van der Waals surface area contributed by atoms with Crippen molar-refractivity contribution in [1.82, 2.24) is 4.98 Å². The van der Waals surface area contributed by atoms with Crippen LogP contribution in [0.25, 0.3) is 10.9 Å². The van der Waals surface area contributed by atoms with Crippen molar-refractivity contribution in [1.29, 1.82) is 0 Å². The zero-order chi connectivity index (χ0) is 13.3. The third kappa shape index (κ3) is 3.14. The monoisotopic (exact) mass is 383 g/mol. The molecule has 0 saturated carbocycles. The first kappa shape index (κ1) is 13.6. The third-order valence-electron chi connectivity index (χ3n) is 2.13. The van der Waals surface area contributed by atoms with E-state index in [2.05, 4.69) is 41.6 Å². The van der Waals surface area contributed by atoms with Crippen LogP contribution in [0.15, 0.2) is 33.3 Å². The number of halogens is 5. The lowest BCUT2D eigenvalue weighted by Gasteiger charge is -2.10. The Hall–Kier alpha value is -0.820. The van der Waals surface area contributed by atoms with Gasteiger partial charge in [0.2, 0.25) is 0 Å². The molecule has 0 aliphatic rings. The molecule has 1 aromatic heterocycles. The number of rotatable bonds is 2. The average Bonchev–Trinajstić information content (AvgIpc) is 2.31. The van der Waals surface area contributed by atoms with Crippen LogP contribution in [0.4, 0.5) is 13.2 Å². The molecule has 0 amide bonds. The van der Waals surface area contributed by atoms with E-state index in [0.29, 0.717) is 10.9 Å². The summed E-state index contributed by atoms with van der Waals surface area (Å²) in [5.41, 5.74) is 0.671. The largest absolute Gasteiger partial charge is 0.484 e. The maximum atomic E-state index is 12.0. The number of aromatic nitrogens is 1. The maximum Gasteiger partial charge on any atom is 0.422 e. The second-order valence-corrected chi connectivity index (χ2v) is 5.15. The van der Waals surface area contributed by atoms with Crippen molar-refractivity contribution in [3.8, 4) is 5.75 Å². The Labute approximate surface area is 117 Å². The van der Waals surface area contributed by atoms with Crippen molar-refractivity contribution in [2.24, 2.45) is 0 Å². The van der Waals surface area contributed by atoms with Crippen LogP contribution >= 0.6 is 31.9 Å². The fourth-order valence-corrected chi connectivity index (χ4v) is 2.11. The van der Waals surface area contributed by atoms with E-state index < -0.39 is 12.8 Å². The van der Waals surface area contributed by atoms with Gasteiger partial charge in [-0.25, -0.2) is 0 Å². The molecular formula is C11H6Br2F3NO. The van der Waals surface area contributed by atoms with Crippen LogP contribution in [0.5, 0.6) is 5.75 Å². The van der Waals surface area contributed by atoms with Crippen LogP contribution in [0.3, 0.4) is 0 Å². The summed E-state index contributed by atoms with van der Waals surface area (Å²) < 4.78 is 42.3. The van der Waals surface area contributed by atoms with E-state index in [-0.39, 0.29) is 5.75 Å². The van der Waals surface area contributed by atoms with E-state index in [1.807, 2.05) is 0 Å². The highest BCUT2D eigenvalue weighted by atomic mass is 79.9. The zero-order valence-electron chi connectivity index (χ0n) is 8.76. The molecule has 0 aliphatic heterocycles. The Morgan fingerprint density at radius 1 is 1.22 bits per heavy atom. The summed E-state index contributed by atoms with van der Waals surface area (Å²) in [5, 5.41) is 0.684. The van der Waals surface area contributed by atoms with Gasteiger partial charge >= 0.3 is 6.18 Å². The number of ether oxygens (including phenoxy) is 1. The molecule has 0 fully saturated rings. The van der Waals surface area contributed by atoms with Gasteiger partial charge in [-0.1, -0.05) is 0 Å². The number of fused-ring (bicyclic) bond motifs is 1. The molecule has 0 bridgehead atoms. The SMILES string of the molecule is FC(F)(F)COc1ccc2ncc(Br)c(Br)c2c1. The summed E-state index contributed by atoms with van der Waals surface area (Å²) in [6.45, 7) is -1.31. The van der Waals surface area contributed by atoms with Crippen LogP contribution in [0.2, 0.25) is 0 Å². The molecule has 0 aliphatic carbocycles. The number of alkyl halides is 3. The number of pyridine rings is 1. The molecular weight excluding hydrogens is 379 g/mol. The third-order valence-corrected chi connectivity index (χ3v) is 4.12. The van der Waals surface area contributed by atoms with Gasteiger partial charge in [0.25, 0.3) is 0 Å². The average molecular weight is 385 g/mol. The van der Waals surface area contributed by atoms with E-state index in [4.69, 9.17) is 0 Å². The fourth-order valence-electron chi connectivity index (χ4n) is 1.37. The molecule has 96 valence electrons. The van der Waals surface area contributed by atoms with Gasteiger partial charge in [0.1, 0.15) is 5.75 Å². The number of hydrogen-bond acceptors (Lipinski definition) is 2. The minimum Gasteiger partial charge on any atom is -0.484 e. The molecule has 0 N–H and O–H groups in total. The molecule has 7 heteroatoms. The second-order valence-electron chi connectivity index (χ2n) is 3.50. The minimum absolute atomic E-state index is 0.153. The van der Waals surface area contributed by atoms with Gasteiger partial charge in [-0.15, -0.1) is 0 Å². The molecule has 2 nitrogen and oxygen atoms in total. The Morgan fingerprint density at radius 3 is 2.61 bits per heavy atom. The molecule has 0 saturated heterocycles. The van der Waals surface area contributed by atoms with E-state index in [1.54, 1.807) is 12.3 Å². The van der Waals surface area contributed by atoms with Crippen LogP contribution in [-0.2, 0) is 0 Å². The molecule has 1 heterocycles. The highest BCUT2D eigenvalue weighted by molar-refractivity contribution is 9.13. The molecule has 0 unspecified atom stereocenters. The summed E-state index contributed by atoms with van der Waals surface area (Å²) in [7, 11) is 0. The van der Waals surface area contributed by atoms with Crippen molar-refractivity contribution in [3.63, 3.8) is 0 Å². The van der Waals surface area contributed by atoms with Crippen molar-refractivity contribution in [3.05, 3.63) is 33.3 Å². The summed E-state index contributed by atoms with van der Waals surface area (Å²) in [6.07, 6.45) is -2.73. The van der Waals surface area contributed by atoms with E-state index >= 15 is 0 Å². The van der Waals surface area contributed by atoms with Gasteiger partial charge in [-0.3, -0.25) is 4.98 Å². The summed E-state index contributed by atoms with van der Waals surface area (Å²) >= 11 is 6.62. The van der Waals surface area contributed by atoms with Crippen molar-refractivity contribution in [2.75, 3.05) is 6.61 Å². The second kappa shape index (κ2) is 5.05. The normalized spacial score (nSPS) is 11.8. The first-order valence-electron chi connectivity index (χ1n) is 4.80.